The van der Waals surface area contributed by atoms with Gasteiger partial charge in [-0.1, -0.05) is 30.3 Å². The molecule has 27 heavy (non-hydrogen) atoms. The van der Waals surface area contributed by atoms with Crippen molar-refractivity contribution in [3.63, 3.8) is 0 Å². The maximum Gasteiger partial charge on any atom is 0.224 e. The van der Waals surface area contributed by atoms with E-state index >= 15 is 0 Å². The molecule has 1 aromatic rings. The van der Waals surface area contributed by atoms with Gasteiger partial charge in [0.1, 0.15) is 4.75 Å². The van der Waals surface area contributed by atoms with E-state index in [9.17, 15) is 18.0 Å². The number of amides is 2. The summed E-state index contributed by atoms with van der Waals surface area (Å²) in [5.74, 6) is 0.204. The van der Waals surface area contributed by atoms with Crippen LogP contribution < -0.4 is 5.32 Å². The molecule has 1 atom stereocenters. The van der Waals surface area contributed by atoms with E-state index in [1.54, 1.807) is 0 Å². The summed E-state index contributed by atoms with van der Waals surface area (Å²) >= 11 is 0. The number of hydrogen-bond acceptors (Lipinski definition) is 4. The normalized spacial score (nSPS) is 30.4. The molecule has 3 aliphatic rings. The number of nitrogens with zero attached hydrogens (tertiary/aromatic N) is 1. The molecule has 1 aromatic carbocycles. The van der Waals surface area contributed by atoms with Gasteiger partial charge in [0.05, 0.1) is 11.7 Å². The Morgan fingerprint density at radius 1 is 1.19 bits per heavy atom. The lowest BCUT2D eigenvalue weighted by molar-refractivity contribution is -0.138. The number of benzene rings is 1. The molecule has 0 aromatic heterocycles. The molecule has 1 unspecified atom stereocenters. The number of rotatable bonds is 4. The van der Waals surface area contributed by atoms with Crippen molar-refractivity contribution in [3.8, 4) is 0 Å². The van der Waals surface area contributed by atoms with Crippen molar-refractivity contribution in [1.82, 2.24) is 10.2 Å². The zero-order valence-electron chi connectivity index (χ0n) is 15.6. The van der Waals surface area contributed by atoms with Crippen LogP contribution >= 0.6 is 0 Å². The second kappa shape index (κ2) is 6.62. The zero-order valence-corrected chi connectivity index (χ0v) is 16.4. The molecule has 1 N–H and O–H groups in total. The highest BCUT2D eigenvalue weighted by Gasteiger charge is 2.64. The van der Waals surface area contributed by atoms with Crippen molar-refractivity contribution in [2.75, 3.05) is 25.4 Å². The van der Waals surface area contributed by atoms with Gasteiger partial charge >= 0.3 is 0 Å². The topological polar surface area (TPSA) is 83.6 Å². The summed E-state index contributed by atoms with van der Waals surface area (Å²) in [6.45, 7) is 2.35. The summed E-state index contributed by atoms with van der Waals surface area (Å²) < 4.78 is 24.0. The van der Waals surface area contributed by atoms with Gasteiger partial charge in [0.25, 0.3) is 0 Å². The van der Waals surface area contributed by atoms with Crippen LogP contribution in [0.1, 0.15) is 37.7 Å². The van der Waals surface area contributed by atoms with Gasteiger partial charge in [0, 0.05) is 26.6 Å². The van der Waals surface area contributed by atoms with Crippen molar-refractivity contribution in [2.45, 2.75) is 36.9 Å². The fourth-order valence-electron chi connectivity index (χ4n) is 4.83. The van der Waals surface area contributed by atoms with E-state index in [2.05, 4.69) is 17.4 Å². The van der Waals surface area contributed by atoms with Gasteiger partial charge in [0.15, 0.2) is 9.84 Å². The van der Waals surface area contributed by atoms with Crippen LogP contribution in [0, 0.1) is 11.8 Å². The Bertz CT molecular complexity index is 840. The standard InChI is InChI=1S/C20H26N2O4S/c1-14(23)22-12-20(13-22)18(7-8-27(20,25)26)19(24)21-11-15-9-17(10-15)16-5-3-2-4-6-16/h2-6,15,17-18H,7-13H2,1H3,(H,21,24). The predicted octanol–water partition coefficient (Wildman–Crippen LogP) is 1.33. The maximum absolute atomic E-state index is 12.7. The third-order valence-corrected chi connectivity index (χ3v) is 9.23. The molecule has 3 fully saturated rings. The molecule has 2 amide bonds. The Hall–Kier alpha value is -1.89. The van der Waals surface area contributed by atoms with Gasteiger partial charge in [0.2, 0.25) is 11.8 Å². The van der Waals surface area contributed by atoms with Gasteiger partial charge < -0.3 is 10.2 Å². The quantitative estimate of drug-likeness (QED) is 0.841. The summed E-state index contributed by atoms with van der Waals surface area (Å²) in [5, 5.41) is 3.00. The largest absolute Gasteiger partial charge is 0.356 e. The van der Waals surface area contributed by atoms with Crippen molar-refractivity contribution in [2.24, 2.45) is 11.8 Å². The first kappa shape index (κ1) is 18.5. The van der Waals surface area contributed by atoms with Crippen LogP contribution in [-0.4, -0.2) is 55.3 Å². The fraction of sp³-hybridized carbons (Fsp3) is 0.600. The van der Waals surface area contributed by atoms with Crippen molar-refractivity contribution >= 4 is 21.7 Å². The molecule has 2 heterocycles. The van der Waals surface area contributed by atoms with E-state index in [0.717, 1.165) is 12.8 Å². The summed E-state index contributed by atoms with van der Waals surface area (Å²) in [6, 6.07) is 10.4. The van der Waals surface area contributed by atoms with Crippen LogP contribution in [0.15, 0.2) is 30.3 Å². The number of carbonyl (C=O) groups excluding carboxylic acids is 2. The SMILES string of the molecule is CC(=O)N1CC2(C1)C(C(=O)NCC1CC(c3ccccc3)C1)CCS2(=O)=O. The minimum atomic E-state index is -3.34. The van der Waals surface area contributed by atoms with Crippen LogP contribution in [0.25, 0.3) is 0 Å². The molecule has 4 rings (SSSR count). The van der Waals surface area contributed by atoms with E-state index in [-0.39, 0.29) is 30.7 Å². The molecule has 2 aliphatic heterocycles. The molecular weight excluding hydrogens is 364 g/mol. The Kier molecular flexibility index (Phi) is 4.53. The molecule has 1 aliphatic carbocycles. The highest BCUT2D eigenvalue weighted by atomic mass is 32.2. The molecule has 0 radical (unpaired) electrons. The lowest BCUT2D eigenvalue weighted by atomic mass is 9.71. The van der Waals surface area contributed by atoms with E-state index in [1.165, 1.54) is 17.4 Å². The first-order valence-electron chi connectivity index (χ1n) is 9.63. The smallest absolute Gasteiger partial charge is 0.224 e. The summed E-state index contributed by atoms with van der Waals surface area (Å²) in [6.07, 6.45) is 2.46. The molecule has 7 heteroatoms. The molecule has 146 valence electrons. The molecule has 6 nitrogen and oxygen atoms in total. The minimum absolute atomic E-state index is 0.0380. The molecule has 0 bridgehead atoms. The van der Waals surface area contributed by atoms with Gasteiger partial charge in [-0.3, -0.25) is 9.59 Å². The zero-order chi connectivity index (χ0) is 19.2. The first-order valence-corrected chi connectivity index (χ1v) is 11.3. The summed E-state index contributed by atoms with van der Waals surface area (Å²) in [7, 11) is -3.34. The lowest BCUT2D eigenvalue weighted by Gasteiger charge is -2.49. The van der Waals surface area contributed by atoms with Crippen molar-refractivity contribution < 1.29 is 18.0 Å². The van der Waals surface area contributed by atoms with Crippen molar-refractivity contribution in [1.29, 1.82) is 0 Å². The average Bonchev–Trinajstić information content (AvgIpc) is 2.83. The van der Waals surface area contributed by atoms with Gasteiger partial charge in [-0.15, -0.1) is 0 Å². The van der Waals surface area contributed by atoms with E-state index in [1.807, 2.05) is 18.2 Å². The fourth-order valence-corrected chi connectivity index (χ4v) is 7.15. The maximum atomic E-state index is 12.7. The second-order valence-electron chi connectivity index (χ2n) is 8.29. The predicted molar refractivity (Wildman–Crippen MR) is 102 cm³/mol. The Labute approximate surface area is 160 Å². The Balaban J connectivity index is 1.32. The first-order chi connectivity index (χ1) is 12.8. The number of sulfone groups is 1. The lowest BCUT2D eigenvalue weighted by Crippen LogP contribution is -2.69. The second-order valence-corrected chi connectivity index (χ2v) is 10.7. The number of carbonyl (C=O) groups is 2. The number of likely N-dealkylation sites (tertiary alicyclic amines) is 1. The minimum Gasteiger partial charge on any atom is -0.356 e. The molecular formula is C20H26N2O4S. The van der Waals surface area contributed by atoms with Crippen LogP contribution in [0.4, 0.5) is 0 Å². The highest BCUT2D eigenvalue weighted by Crippen LogP contribution is 2.45. The average molecular weight is 391 g/mol. The van der Waals surface area contributed by atoms with Crippen LogP contribution in [-0.2, 0) is 19.4 Å². The van der Waals surface area contributed by atoms with Crippen LogP contribution in [0.5, 0.6) is 0 Å². The number of hydrogen-bond donors (Lipinski definition) is 1. The Morgan fingerprint density at radius 2 is 1.85 bits per heavy atom. The Morgan fingerprint density at radius 3 is 2.48 bits per heavy atom. The monoisotopic (exact) mass is 390 g/mol. The molecule has 1 saturated carbocycles. The molecule has 1 spiro atoms. The van der Waals surface area contributed by atoms with E-state index in [4.69, 9.17) is 0 Å². The van der Waals surface area contributed by atoms with E-state index < -0.39 is 20.5 Å². The highest BCUT2D eigenvalue weighted by molar-refractivity contribution is 7.93. The molecule has 2 saturated heterocycles. The van der Waals surface area contributed by atoms with Crippen LogP contribution in [0.2, 0.25) is 0 Å². The third kappa shape index (κ3) is 3.06. The van der Waals surface area contributed by atoms with E-state index in [0.29, 0.717) is 24.8 Å². The van der Waals surface area contributed by atoms with Crippen LogP contribution in [0.3, 0.4) is 0 Å². The van der Waals surface area contributed by atoms with Crippen molar-refractivity contribution in [3.05, 3.63) is 35.9 Å². The summed E-state index contributed by atoms with van der Waals surface area (Å²) in [5.41, 5.74) is 1.35. The van der Waals surface area contributed by atoms with Gasteiger partial charge in [-0.25, -0.2) is 8.42 Å². The number of nitrogens with one attached hydrogen (secondary N) is 1. The van der Waals surface area contributed by atoms with Gasteiger partial charge in [-0.05, 0) is 36.7 Å². The third-order valence-electron chi connectivity index (χ3n) is 6.68. The summed E-state index contributed by atoms with van der Waals surface area (Å²) in [4.78, 5) is 25.7. The van der Waals surface area contributed by atoms with Gasteiger partial charge in [-0.2, -0.15) is 0 Å².